The van der Waals surface area contributed by atoms with E-state index in [9.17, 15) is 14.4 Å². The molecule has 0 saturated carbocycles. The number of hydrogen-bond acceptors (Lipinski definition) is 5. The first-order valence-electron chi connectivity index (χ1n) is 11.9. The van der Waals surface area contributed by atoms with Crippen LogP contribution in [0.4, 0.5) is 0 Å². The molecule has 6 nitrogen and oxygen atoms in total. The third-order valence-electron chi connectivity index (χ3n) is 6.21. The number of fused-ring (bicyclic) bond motifs is 1. The quantitative estimate of drug-likeness (QED) is 0.390. The number of hydrogen-bond donors (Lipinski definition) is 1. The lowest BCUT2D eigenvalue weighted by Crippen LogP contribution is -2.70. The number of nitrogens with zero attached hydrogens (tertiary/aromatic N) is 1. The third kappa shape index (κ3) is 4.93. The molecule has 1 fully saturated rings. The lowest BCUT2D eigenvalue weighted by atomic mass is 10.0. The Balaban J connectivity index is 1.31. The number of β-lactam (4-membered cyclic amide) rings is 1. The maximum Gasteiger partial charge on any atom is 0.355 e. The van der Waals surface area contributed by atoms with Crippen LogP contribution in [0.2, 0.25) is 0 Å². The lowest BCUT2D eigenvalue weighted by Gasteiger charge is -2.49. The van der Waals surface area contributed by atoms with Gasteiger partial charge in [0, 0.05) is 5.25 Å². The van der Waals surface area contributed by atoms with E-state index in [1.807, 2.05) is 97.9 Å². The van der Waals surface area contributed by atoms with E-state index >= 15 is 0 Å². The number of rotatable bonds is 7. The minimum atomic E-state index is -0.677. The van der Waals surface area contributed by atoms with Crippen LogP contribution in [0, 0.1) is 0 Å². The minimum Gasteiger partial charge on any atom is -0.448 e. The van der Waals surface area contributed by atoms with E-state index in [-0.39, 0.29) is 34.6 Å². The van der Waals surface area contributed by atoms with Crippen LogP contribution in [-0.2, 0) is 25.5 Å². The first-order valence-corrected chi connectivity index (χ1v) is 12.8. The summed E-state index contributed by atoms with van der Waals surface area (Å²) in [6.45, 7) is 1.97. The van der Waals surface area contributed by atoms with Gasteiger partial charge in [0.15, 0.2) is 6.10 Å². The summed E-state index contributed by atoms with van der Waals surface area (Å²) in [7, 11) is 0. The average molecular weight is 499 g/mol. The van der Waals surface area contributed by atoms with Crippen LogP contribution < -0.4 is 5.32 Å². The van der Waals surface area contributed by atoms with Crippen molar-refractivity contribution < 1.29 is 19.1 Å². The van der Waals surface area contributed by atoms with Gasteiger partial charge >= 0.3 is 5.97 Å². The molecule has 7 heteroatoms. The smallest absolute Gasteiger partial charge is 0.355 e. The molecule has 182 valence electrons. The number of nitrogens with one attached hydrogen (secondary N) is 1. The van der Waals surface area contributed by atoms with E-state index in [1.54, 1.807) is 6.08 Å². The highest BCUT2D eigenvalue weighted by Gasteiger charge is 2.54. The van der Waals surface area contributed by atoms with E-state index in [2.05, 4.69) is 5.32 Å². The van der Waals surface area contributed by atoms with Crippen LogP contribution in [0.1, 0.15) is 29.7 Å². The van der Waals surface area contributed by atoms with E-state index in [0.717, 1.165) is 16.7 Å². The Hall–Kier alpha value is -3.84. The Morgan fingerprint density at radius 1 is 0.917 bits per heavy atom. The van der Waals surface area contributed by atoms with Crippen LogP contribution in [0.15, 0.2) is 103 Å². The molecular weight excluding hydrogens is 472 g/mol. The highest BCUT2D eigenvalue weighted by atomic mass is 32.2. The first kappa shape index (κ1) is 23.9. The van der Waals surface area contributed by atoms with Gasteiger partial charge in [0.2, 0.25) is 5.91 Å². The Kier molecular flexibility index (Phi) is 6.91. The first-order chi connectivity index (χ1) is 17.5. The van der Waals surface area contributed by atoms with Gasteiger partial charge in [-0.05, 0) is 29.7 Å². The van der Waals surface area contributed by atoms with Crippen LogP contribution in [0.25, 0.3) is 0 Å². The number of carbonyl (C=O) groups excluding carboxylic acids is 3. The fraction of sp³-hybridized carbons (Fsp3) is 0.207. The number of amides is 2. The lowest BCUT2D eigenvalue weighted by molar-refractivity contribution is -0.154. The molecule has 36 heavy (non-hydrogen) atoms. The van der Waals surface area contributed by atoms with Crippen molar-refractivity contribution >= 4 is 29.5 Å². The Bertz CT molecular complexity index is 1240. The maximum absolute atomic E-state index is 13.4. The Morgan fingerprint density at radius 2 is 1.47 bits per heavy atom. The van der Waals surface area contributed by atoms with Crippen molar-refractivity contribution in [3.63, 3.8) is 0 Å². The zero-order chi connectivity index (χ0) is 25.1. The van der Waals surface area contributed by atoms with E-state index in [0.29, 0.717) is 0 Å². The molecule has 3 atom stereocenters. The van der Waals surface area contributed by atoms with Crippen molar-refractivity contribution in [2.24, 2.45) is 0 Å². The number of esters is 1. The second kappa shape index (κ2) is 10.4. The summed E-state index contributed by atoms with van der Waals surface area (Å²) in [5, 5.41) is 2.48. The minimum absolute atomic E-state index is 0.0256. The fourth-order valence-corrected chi connectivity index (χ4v) is 5.81. The molecule has 1 saturated heterocycles. The van der Waals surface area contributed by atoms with Gasteiger partial charge in [-0.15, -0.1) is 11.8 Å². The van der Waals surface area contributed by atoms with Crippen molar-refractivity contribution in [1.29, 1.82) is 0 Å². The van der Waals surface area contributed by atoms with Crippen LogP contribution in [0.5, 0.6) is 0 Å². The molecule has 2 amide bonds. The summed E-state index contributed by atoms with van der Waals surface area (Å²) in [6, 6.07) is 27.8. The van der Waals surface area contributed by atoms with Gasteiger partial charge in [0.25, 0.3) is 5.91 Å². The maximum atomic E-state index is 13.4. The fourth-order valence-electron chi connectivity index (χ4n) is 4.48. The number of carbonyl (C=O) groups is 3. The Morgan fingerprint density at radius 3 is 2.06 bits per heavy atom. The van der Waals surface area contributed by atoms with Crippen molar-refractivity contribution in [2.45, 2.75) is 36.1 Å². The molecule has 2 aliphatic rings. The van der Waals surface area contributed by atoms with E-state index in [1.165, 1.54) is 16.7 Å². The average Bonchev–Trinajstić information content (AvgIpc) is 2.91. The van der Waals surface area contributed by atoms with E-state index in [4.69, 9.17) is 4.74 Å². The van der Waals surface area contributed by atoms with Crippen LogP contribution in [-0.4, -0.2) is 39.3 Å². The molecule has 3 aromatic rings. The normalized spacial score (nSPS) is 20.7. The van der Waals surface area contributed by atoms with Crippen LogP contribution in [0.3, 0.4) is 0 Å². The van der Waals surface area contributed by atoms with Gasteiger partial charge in [-0.25, -0.2) is 4.79 Å². The molecule has 0 aliphatic carbocycles. The monoisotopic (exact) mass is 498 g/mol. The molecule has 2 aliphatic heterocycles. The molecule has 1 N–H and O–H groups in total. The highest BCUT2D eigenvalue weighted by molar-refractivity contribution is 8.00. The zero-order valence-corrected chi connectivity index (χ0v) is 20.6. The SMILES string of the molecule is CC1C=C(C(=O)OC(c2ccccc2)c2ccccc2)N2C(=O)C(NC(=O)Cc3ccccc3)[C@H]2S1. The summed E-state index contributed by atoms with van der Waals surface area (Å²) in [5.74, 6) is -1.09. The van der Waals surface area contributed by atoms with Crippen molar-refractivity contribution in [2.75, 3.05) is 0 Å². The molecule has 5 rings (SSSR count). The molecule has 2 heterocycles. The number of thioether (sulfide) groups is 1. The second-order valence-electron chi connectivity index (χ2n) is 8.81. The van der Waals surface area contributed by atoms with Crippen molar-refractivity contribution in [3.8, 4) is 0 Å². The van der Waals surface area contributed by atoms with Crippen molar-refractivity contribution in [3.05, 3.63) is 119 Å². The predicted octanol–water partition coefficient (Wildman–Crippen LogP) is 4.23. The standard InChI is InChI=1S/C29H26N2O4S/c1-19-17-23(29(34)35-26(21-13-7-3-8-14-21)22-15-9-4-10-16-22)31-27(33)25(28(31)36-19)30-24(32)18-20-11-5-2-6-12-20/h2-17,19,25-26,28H,18H2,1H3,(H,30,32)/t19?,25?,28-/m1/s1. The summed E-state index contributed by atoms with van der Waals surface area (Å²) in [5.41, 5.74) is 2.78. The second-order valence-corrected chi connectivity index (χ2v) is 10.3. The molecule has 0 spiro atoms. The summed E-state index contributed by atoms with van der Waals surface area (Å²) >= 11 is 1.54. The summed E-state index contributed by atoms with van der Waals surface area (Å²) in [4.78, 5) is 40.6. The summed E-state index contributed by atoms with van der Waals surface area (Å²) < 4.78 is 6.01. The molecular formula is C29H26N2O4S. The predicted molar refractivity (Wildman–Crippen MR) is 139 cm³/mol. The van der Waals surface area contributed by atoms with Gasteiger partial charge in [0.1, 0.15) is 17.1 Å². The highest BCUT2D eigenvalue weighted by Crippen LogP contribution is 2.41. The van der Waals surface area contributed by atoms with Gasteiger partial charge in [0.05, 0.1) is 6.42 Å². The largest absolute Gasteiger partial charge is 0.448 e. The van der Waals surface area contributed by atoms with Crippen LogP contribution >= 0.6 is 11.8 Å². The number of ether oxygens (including phenoxy) is 1. The van der Waals surface area contributed by atoms with Gasteiger partial charge in [-0.3, -0.25) is 14.5 Å². The molecule has 0 radical (unpaired) electrons. The molecule has 3 aromatic carbocycles. The van der Waals surface area contributed by atoms with E-state index < -0.39 is 18.1 Å². The van der Waals surface area contributed by atoms with Gasteiger partial charge in [-0.2, -0.15) is 0 Å². The summed E-state index contributed by atoms with van der Waals surface area (Å²) in [6.07, 6.45) is 1.34. The number of benzene rings is 3. The van der Waals surface area contributed by atoms with Gasteiger partial charge in [-0.1, -0.05) is 91.0 Å². The zero-order valence-electron chi connectivity index (χ0n) is 19.7. The molecule has 2 unspecified atom stereocenters. The molecule has 0 aromatic heterocycles. The Labute approximate surface area is 214 Å². The van der Waals surface area contributed by atoms with Gasteiger partial charge < -0.3 is 10.1 Å². The van der Waals surface area contributed by atoms with Crippen molar-refractivity contribution in [1.82, 2.24) is 10.2 Å². The third-order valence-corrected chi connectivity index (χ3v) is 7.54. The molecule has 0 bridgehead atoms. The topological polar surface area (TPSA) is 75.7 Å².